The van der Waals surface area contributed by atoms with Gasteiger partial charge in [-0.25, -0.2) is 0 Å². The predicted molar refractivity (Wildman–Crippen MR) is 72.4 cm³/mol. The van der Waals surface area contributed by atoms with Gasteiger partial charge in [-0.1, -0.05) is 47.0 Å². The molecule has 0 spiro atoms. The van der Waals surface area contributed by atoms with E-state index in [1.807, 2.05) is 0 Å². The molecule has 2 N–H and O–H groups in total. The van der Waals surface area contributed by atoms with E-state index in [9.17, 15) is 0 Å². The number of rotatable bonds is 4. The third-order valence-corrected chi connectivity index (χ3v) is 4.60. The van der Waals surface area contributed by atoms with Crippen LogP contribution in [0.2, 0.25) is 0 Å². The fourth-order valence-electron chi connectivity index (χ4n) is 3.24. The standard InChI is InChI=1S/C15H31N/c1-5-6-7-12-10-14(15(2,3)4)9-8-13(12)11-16/h12-14H,5-11,16H2,1-4H3. The Hall–Kier alpha value is -0.0400. The summed E-state index contributed by atoms with van der Waals surface area (Å²) >= 11 is 0. The van der Waals surface area contributed by atoms with Crippen molar-refractivity contribution in [3.05, 3.63) is 0 Å². The van der Waals surface area contributed by atoms with E-state index < -0.39 is 0 Å². The first-order chi connectivity index (χ1) is 7.49. The van der Waals surface area contributed by atoms with Gasteiger partial charge in [0.15, 0.2) is 0 Å². The molecule has 1 saturated carbocycles. The van der Waals surface area contributed by atoms with Crippen molar-refractivity contribution in [2.24, 2.45) is 28.9 Å². The second-order valence-electron chi connectivity index (χ2n) is 6.77. The molecule has 0 bridgehead atoms. The number of hydrogen-bond donors (Lipinski definition) is 1. The van der Waals surface area contributed by atoms with Crippen molar-refractivity contribution < 1.29 is 0 Å². The summed E-state index contributed by atoms with van der Waals surface area (Å²) in [6, 6.07) is 0. The highest BCUT2D eigenvalue weighted by Crippen LogP contribution is 2.43. The summed E-state index contributed by atoms with van der Waals surface area (Å²) in [5, 5.41) is 0. The minimum absolute atomic E-state index is 0.490. The highest BCUT2D eigenvalue weighted by molar-refractivity contribution is 4.85. The monoisotopic (exact) mass is 225 g/mol. The third kappa shape index (κ3) is 3.76. The van der Waals surface area contributed by atoms with E-state index in [1.165, 1.54) is 38.5 Å². The molecular formula is C15H31N. The second kappa shape index (κ2) is 6.05. The van der Waals surface area contributed by atoms with E-state index in [-0.39, 0.29) is 0 Å². The van der Waals surface area contributed by atoms with Gasteiger partial charge in [0.2, 0.25) is 0 Å². The van der Waals surface area contributed by atoms with Gasteiger partial charge < -0.3 is 5.73 Å². The molecule has 0 aromatic carbocycles. The largest absolute Gasteiger partial charge is 0.330 e. The molecule has 0 aromatic rings. The maximum atomic E-state index is 5.92. The lowest BCUT2D eigenvalue weighted by atomic mass is 9.64. The van der Waals surface area contributed by atoms with Crippen LogP contribution in [-0.4, -0.2) is 6.54 Å². The predicted octanol–water partition coefficient (Wildman–Crippen LogP) is 4.21. The summed E-state index contributed by atoms with van der Waals surface area (Å²) in [6.45, 7) is 10.4. The molecule has 1 heteroatoms. The number of nitrogens with two attached hydrogens (primary N) is 1. The van der Waals surface area contributed by atoms with Gasteiger partial charge in [0.1, 0.15) is 0 Å². The van der Waals surface area contributed by atoms with Crippen LogP contribution in [0, 0.1) is 23.2 Å². The molecule has 1 nitrogen and oxygen atoms in total. The molecule has 0 heterocycles. The van der Waals surface area contributed by atoms with Crippen LogP contribution in [0.5, 0.6) is 0 Å². The highest BCUT2D eigenvalue weighted by atomic mass is 14.6. The van der Waals surface area contributed by atoms with Crippen LogP contribution in [0.1, 0.15) is 66.2 Å². The van der Waals surface area contributed by atoms with Gasteiger partial charge >= 0.3 is 0 Å². The Morgan fingerprint density at radius 2 is 1.81 bits per heavy atom. The van der Waals surface area contributed by atoms with Crippen molar-refractivity contribution in [1.29, 1.82) is 0 Å². The zero-order chi connectivity index (χ0) is 12.2. The average molecular weight is 225 g/mol. The van der Waals surface area contributed by atoms with Crippen LogP contribution < -0.4 is 5.73 Å². The van der Waals surface area contributed by atoms with Crippen LogP contribution in [-0.2, 0) is 0 Å². The van der Waals surface area contributed by atoms with E-state index in [2.05, 4.69) is 27.7 Å². The van der Waals surface area contributed by atoms with E-state index >= 15 is 0 Å². The topological polar surface area (TPSA) is 26.0 Å². The van der Waals surface area contributed by atoms with Gasteiger partial charge in [0.25, 0.3) is 0 Å². The molecule has 0 amide bonds. The van der Waals surface area contributed by atoms with E-state index in [1.54, 1.807) is 0 Å². The third-order valence-electron chi connectivity index (χ3n) is 4.60. The van der Waals surface area contributed by atoms with Gasteiger partial charge in [-0.3, -0.25) is 0 Å². The molecular weight excluding hydrogens is 194 g/mol. The Morgan fingerprint density at radius 3 is 2.31 bits per heavy atom. The number of unbranched alkanes of at least 4 members (excludes halogenated alkanes) is 1. The molecule has 3 unspecified atom stereocenters. The van der Waals surface area contributed by atoms with Crippen LogP contribution in [0.15, 0.2) is 0 Å². The van der Waals surface area contributed by atoms with Crippen molar-refractivity contribution in [2.45, 2.75) is 66.2 Å². The zero-order valence-electron chi connectivity index (χ0n) is 11.8. The quantitative estimate of drug-likeness (QED) is 0.762. The SMILES string of the molecule is CCCCC1CC(C(C)(C)C)CCC1CN. The van der Waals surface area contributed by atoms with Gasteiger partial charge in [0, 0.05) is 0 Å². The normalized spacial score (nSPS) is 31.7. The van der Waals surface area contributed by atoms with E-state index in [4.69, 9.17) is 5.73 Å². The first-order valence-electron chi connectivity index (χ1n) is 7.19. The lowest BCUT2D eigenvalue weighted by molar-refractivity contribution is 0.0952. The molecule has 0 aromatic heterocycles. The molecule has 1 rings (SSSR count). The molecule has 1 aliphatic carbocycles. The van der Waals surface area contributed by atoms with Gasteiger partial charge in [0.05, 0.1) is 0 Å². The molecule has 0 radical (unpaired) electrons. The maximum Gasteiger partial charge on any atom is -0.00462 e. The summed E-state index contributed by atoms with van der Waals surface area (Å²) in [5.74, 6) is 2.63. The van der Waals surface area contributed by atoms with Crippen LogP contribution >= 0.6 is 0 Å². The minimum atomic E-state index is 0.490. The minimum Gasteiger partial charge on any atom is -0.330 e. The number of hydrogen-bond acceptors (Lipinski definition) is 1. The Balaban J connectivity index is 2.54. The molecule has 1 aliphatic rings. The smallest absolute Gasteiger partial charge is 0.00462 e. The van der Waals surface area contributed by atoms with Gasteiger partial charge in [-0.15, -0.1) is 0 Å². The summed E-state index contributed by atoms with van der Waals surface area (Å²) in [5.41, 5.74) is 6.41. The second-order valence-corrected chi connectivity index (χ2v) is 6.77. The molecule has 1 fully saturated rings. The molecule has 0 saturated heterocycles. The fraction of sp³-hybridized carbons (Fsp3) is 1.00. The Bertz CT molecular complexity index is 192. The first-order valence-corrected chi connectivity index (χ1v) is 7.19. The van der Waals surface area contributed by atoms with Crippen molar-refractivity contribution in [3.63, 3.8) is 0 Å². The average Bonchev–Trinajstić information content (AvgIpc) is 2.24. The van der Waals surface area contributed by atoms with E-state index in [0.717, 1.165) is 24.3 Å². The summed E-state index contributed by atoms with van der Waals surface area (Å²) in [7, 11) is 0. The van der Waals surface area contributed by atoms with Crippen LogP contribution in [0.25, 0.3) is 0 Å². The summed E-state index contributed by atoms with van der Waals surface area (Å²) in [4.78, 5) is 0. The van der Waals surface area contributed by atoms with Crippen molar-refractivity contribution in [2.75, 3.05) is 6.54 Å². The van der Waals surface area contributed by atoms with Gasteiger partial charge in [-0.2, -0.15) is 0 Å². The molecule has 16 heavy (non-hydrogen) atoms. The zero-order valence-corrected chi connectivity index (χ0v) is 11.8. The Kier molecular flexibility index (Phi) is 5.30. The fourth-order valence-corrected chi connectivity index (χ4v) is 3.24. The Morgan fingerprint density at radius 1 is 1.12 bits per heavy atom. The molecule has 3 atom stereocenters. The lowest BCUT2D eigenvalue weighted by Crippen LogP contribution is -2.35. The summed E-state index contributed by atoms with van der Waals surface area (Å²) in [6.07, 6.45) is 8.31. The molecule has 96 valence electrons. The van der Waals surface area contributed by atoms with Crippen molar-refractivity contribution in [1.82, 2.24) is 0 Å². The first kappa shape index (κ1) is 14.0. The highest BCUT2D eigenvalue weighted by Gasteiger charge is 2.34. The lowest BCUT2D eigenvalue weighted by Gasteiger charge is -2.41. The Labute approximate surface area is 102 Å². The molecule has 0 aliphatic heterocycles. The van der Waals surface area contributed by atoms with Crippen molar-refractivity contribution >= 4 is 0 Å². The summed E-state index contributed by atoms with van der Waals surface area (Å²) < 4.78 is 0. The van der Waals surface area contributed by atoms with Crippen molar-refractivity contribution in [3.8, 4) is 0 Å². The van der Waals surface area contributed by atoms with Crippen LogP contribution in [0.3, 0.4) is 0 Å². The van der Waals surface area contributed by atoms with Crippen LogP contribution in [0.4, 0.5) is 0 Å². The maximum absolute atomic E-state index is 5.92. The van der Waals surface area contributed by atoms with Gasteiger partial charge in [-0.05, 0) is 49.0 Å². The van der Waals surface area contributed by atoms with E-state index in [0.29, 0.717) is 5.41 Å².